The summed E-state index contributed by atoms with van der Waals surface area (Å²) < 4.78 is 6.76. The second kappa shape index (κ2) is 7.19. The van der Waals surface area contributed by atoms with E-state index < -0.39 is 16.2 Å². The van der Waals surface area contributed by atoms with Crippen LogP contribution in [0.2, 0.25) is 0 Å². The molecule has 6 heteroatoms. The molecule has 1 saturated carbocycles. The van der Waals surface area contributed by atoms with Gasteiger partial charge in [0.25, 0.3) is 0 Å². The number of nitrogens with two attached hydrogens (primary N) is 1. The molecule has 0 saturated heterocycles. The summed E-state index contributed by atoms with van der Waals surface area (Å²) in [6.07, 6.45) is 2.44. The molecule has 0 atom stereocenters. The van der Waals surface area contributed by atoms with Crippen LogP contribution in [0.25, 0.3) is 291 Å². The quantitative estimate of drug-likeness (QED) is 0.0495. The van der Waals surface area contributed by atoms with Gasteiger partial charge in [-0.2, -0.15) is 0 Å². The Morgan fingerprint density at radius 2 is 0.539 bits per heavy atom. The lowest BCUT2D eigenvalue weighted by Gasteiger charge is -2.32. The summed E-state index contributed by atoms with van der Waals surface area (Å²) in [5, 5.41) is 84.2. The molecule has 5 aliphatic carbocycles. The van der Waals surface area contributed by atoms with Crippen molar-refractivity contribution < 1.29 is 19.2 Å². The van der Waals surface area contributed by atoms with Gasteiger partial charge in [-0.05, 0) is 339 Å². The maximum absolute atomic E-state index is 17.2. The highest BCUT2D eigenvalue weighted by Gasteiger charge is 3.00. The van der Waals surface area contributed by atoms with Gasteiger partial charge in [-0.1, -0.05) is 0 Å². The van der Waals surface area contributed by atoms with Crippen molar-refractivity contribution in [1.29, 1.82) is 0 Å². The molecule has 6 nitrogen and oxygen atoms in total. The van der Waals surface area contributed by atoms with Crippen LogP contribution < -0.4 is 11.2 Å². The van der Waals surface area contributed by atoms with Gasteiger partial charge in [0.2, 0.25) is 5.91 Å². The van der Waals surface area contributed by atoms with Gasteiger partial charge in [-0.3, -0.25) is 9.59 Å². The van der Waals surface area contributed by atoms with E-state index in [1.54, 1.807) is 97.0 Å². The van der Waals surface area contributed by atoms with Crippen LogP contribution in [0.5, 0.6) is 0 Å². The van der Waals surface area contributed by atoms with Gasteiger partial charge < -0.3 is 14.9 Å². The third-order valence-electron chi connectivity index (χ3n) is 26.5. The van der Waals surface area contributed by atoms with Crippen molar-refractivity contribution in [1.82, 2.24) is 5.32 Å². The summed E-state index contributed by atoms with van der Waals surface area (Å²) in [5.41, 5.74) is 1.61. The van der Waals surface area contributed by atoms with Crippen LogP contribution in [0.15, 0.2) is 0 Å². The Balaban J connectivity index is 1.06. The smallest absolute Gasteiger partial charge is 0.324 e. The van der Waals surface area contributed by atoms with Gasteiger partial charge in [0.15, 0.2) is 5.41 Å². The first kappa shape index (κ1) is 30.6. The third-order valence-corrected chi connectivity index (χ3v) is 26.5. The van der Waals surface area contributed by atoms with E-state index in [4.69, 9.17) is 15.5 Å². The number of esters is 1. The Hall–Kier alpha value is -8.68. The Labute approximate surface area is 415 Å². The van der Waals surface area contributed by atoms with Gasteiger partial charge in [0.05, 0.1) is 24.0 Å². The fourth-order valence-electron chi connectivity index (χ4n) is 26.4. The molecule has 0 unspecified atom stereocenters. The first-order valence-corrected chi connectivity index (χ1v) is 28.2. The van der Waals surface area contributed by atoms with E-state index in [9.17, 15) is 0 Å². The average Bonchev–Trinajstić information content (AvgIpc) is 2.10. The first-order chi connectivity index (χ1) is 37.7. The lowest BCUT2D eigenvalue weighted by atomic mass is 9.68. The van der Waals surface area contributed by atoms with Crippen LogP contribution in [0.3, 0.4) is 0 Å². The Kier molecular flexibility index (Phi) is 2.90. The van der Waals surface area contributed by atoms with E-state index in [0.29, 0.717) is 13.2 Å². The SMILES string of the molecule is CCOC(=O)C1(C(=O)NCCCCCON)C23c4c5c6c7c8c9c(c%10c%11c2c2c4c4c%12c5c5c6c6c8c8c%13c9c9c%10c%10c%11c%11c2c2c4c4c%12c%12c5c5c6c8c6c8c%13c9c9c%10c%10c%11c2c2c4c4c%12c5c6c5c8c9c%10c2c45)C713. The summed E-state index contributed by atoms with van der Waals surface area (Å²) in [4.78, 5) is 39.1. The number of hydrogen-bond donors (Lipinski definition) is 2. The maximum atomic E-state index is 17.2. The van der Waals surface area contributed by atoms with Gasteiger partial charge >= 0.3 is 5.97 Å². The number of benzene rings is 18. The molecule has 332 valence electrons. The Morgan fingerprint density at radius 3 is 0.737 bits per heavy atom. The number of carbonyl (C=O) groups excluding carboxylic acids is 2. The van der Waals surface area contributed by atoms with Crippen LogP contribution in [0, 0.1) is 5.41 Å². The standard InChI is InChI=1S/C70H18N2O4/c1-2-75-67(74)70(66(73)72-6-4-3-5-7-76-71)68-62-54-46-36-26-18-10-8-9-12-16-14(10)22-30-24(16)34-28-20(12)21-13(9)17-15-11(8)19(18)27-33-23(15)31-25(17)35-29(21)39-38(28)48-42(34)52-44(30)50(40(46)32(22)26)58(62)60(52)64-56(48)57-49(39)43(35)53-45(31)51-41(33)47(37(27)36)55(54)63(68)59(51)61(53)65(57)69(64,68)70/h2-7,71H2,1H3,(H,72,73). The second-order valence-corrected chi connectivity index (χ2v) is 26.9. The number of ether oxygens (including phenoxy) is 1. The number of rotatable bonds is 9. The van der Waals surface area contributed by atoms with Crippen LogP contribution >= 0.6 is 0 Å². The van der Waals surface area contributed by atoms with Gasteiger partial charge in [0.1, 0.15) is 0 Å². The second-order valence-electron chi connectivity index (χ2n) is 26.9. The number of carbonyl (C=O) groups is 2. The maximum Gasteiger partial charge on any atom is 0.324 e. The summed E-state index contributed by atoms with van der Waals surface area (Å²) in [6.45, 7) is 3.11. The van der Waals surface area contributed by atoms with Crippen molar-refractivity contribution in [2.75, 3.05) is 19.8 Å². The van der Waals surface area contributed by atoms with Gasteiger partial charge in [-0.25, -0.2) is 5.90 Å². The normalized spacial score (nSPS) is 23.2. The third kappa shape index (κ3) is 1.66. The van der Waals surface area contributed by atoms with Crippen molar-refractivity contribution in [2.45, 2.75) is 37.0 Å². The summed E-state index contributed by atoms with van der Waals surface area (Å²) in [6, 6.07) is 0. The lowest BCUT2D eigenvalue weighted by molar-refractivity contribution is -0.155. The number of nitrogens with one attached hydrogen (secondary N) is 1. The molecule has 0 aliphatic heterocycles. The average molecular weight is 951 g/mol. The molecule has 3 N–H and O–H groups in total. The van der Waals surface area contributed by atoms with E-state index in [1.807, 2.05) is 6.92 Å². The molecule has 5 aliphatic rings. The fraction of sp³-hybridized carbons (Fsp3) is 0.143. The highest BCUT2D eigenvalue weighted by atomic mass is 16.6. The molecule has 0 bridgehead atoms. The lowest BCUT2D eigenvalue weighted by Crippen LogP contribution is -2.45. The Morgan fingerprint density at radius 1 is 0.329 bits per heavy atom. The molecule has 0 radical (unpaired) electrons. The molecule has 0 aromatic heterocycles. The van der Waals surface area contributed by atoms with E-state index in [2.05, 4.69) is 5.32 Å². The molecular formula is C70H18N2O4. The molecule has 28 aromatic rings. The first-order valence-electron chi connectivity index (χ1n) is 28.2. The van der Waals surface area contributed by atoms with E-state index in [-0.39, 0.29) is 18.5 Å². The van der Waals surface area contributed by atoms with E-state index in [1.165, 1.54) is 216 Å². The molecule has 76 heavy (non-hydrogen) atoms. The molecule has 0 heterocycles. The molecule has 33 rings (SSSR count). The van der Waals surface area contributed by atoms with Crippen molar-refractivity contribution in [2.24, 2.45) is 11.3 Å². The largest absolute Gasteiger partial charge is 0.465 e. The highest BCUT2D eigenvalue weighted by molar-refractivity contribution is 6.82. The molecule has 28 aromatic carbocycles. The van der Waals surface area contributed by atoms with E-state index in [0.717, 1.165) is 19.3 Å². The molecule has 1 amide bonds. The van der Waals surface area contributed by atoms with Crippen LogP contribution in [-0.4, -0.2) is 31.6 Å². The number of amides is 1. The minimum atomic E-state index is -1.60. The molecular weight excluding hydrogens is 933 g/mol. The van der Waals surface area contributed by atoms with Crippen molar-refractivity contribution >= 4 is 303 Å². The predicted molar refractivity (Wildman–Crippen MR) is 310 cm³/mol. The number of hydrogen-bond acceptors (Lipinski definition) is 5. The zero-order valence-corrected chi connectivity index (χ0v) is 39.5. The fourth-order valence-corrected chi connectivity index (χ4v) is 26.4. The van der Waals surface area contributed by atoms with Crippen LogP contribution in [0.1, 0.15) is 48.4 Å². The predicted octanol–water partition coefficient (Wildman–Crippen LogP) is 16.0. The summed E-state index contributed by atoms with van der Waals surface area (Å²) >= 11 is 0. The Bertz CT molecular complexity index is 6850. The van der Waals surface area contributed by atoms with Crippen LogP contribution in [-0.2, 0) is 30.0 Å². The molecule has 1 fully saturated rings. The topological polar surface area (TPSA) is 90.7 Å². The monoisotopic (exact) mass is 950 g/mol. The highest BCUT2D eigenvalue weighted by Crippen LogP contribution is 2.96. The van der Waals surface area contributed by atoms with Crippen molar-refractivity contribution in [3.8, 4) is 0 Å². The zero-order chi connectivity index (χ0) is 46.5. The summed E-state index contributed by atoms with van der Waals surface area (Å²) in [5.74, 6) is 5.03. The van der Waals surface area contributed by atoms with Crippen molar-refractivity contribution in [3.05, 3.63) is 22.3 Å². The van der Waals surface area contributed by atoms with Gasteiger partial charge in [0, 0.05) is 6.54 Å². The summed E-state index contributed by atoms with van der Waals surface area (Å²) in [7, 11) is 0. The van der Waals surface area contributed by atoms with Gasteiger partial charge in [-0.15, -0.1) is 0 Å². The minimum absolute atomic E-state index is 0.143. The van der Waals surface area contributed by atoms with Crippen molar-refractivity contribution in [3.63, 3.8) is 0 Å². The van der Waals surface area contributed by atoms with E-state index >= 15 is 9.59 Å². The minimum Gasteiger partial charge on any atom is -0.465 e. The molecule has 2 spiro atoms. The number of unbranched alkanes of at least 4 members (excludes halogenated alkanes) is 2. The van der Waals surface area contributed by atoms with Crippen LogP contribution in [0.4, 0.5) is 0 Å². The zero-order valence-electron chi connectivity index (χ0n) is 39.5.